The van der Waals surface area contributed by atoms with E-state index >= 15 is 0 Å². The molecule has 0 amide bonds. The number of phenolic OH excluding ortho intramolecular Hbond substituents is 1. The Morgan fingerprint density at radius 3 is 2.09 bits per heavy atom. The van der Waals surface area contributed by atoms with E-state index in [0.29, 0.717) is 12.4 Å². The van der Waals surface area contributed by atoms with E-state index < -0.39 is 14.5 Å². The molecular weight excluding hydrogens is 370 g/mol. The second kappa shape index (κ2) is 9.86. The number of benzene rings is 2. The average Bonchev–Trinajstić information content (AvgIpc) is 2.56. The minimum Gasteiger partial charge on any atom is -0.508 e. The number of phenols is 1. The van der Waals surface area contributed by atoms with Crippen LogP contribution in [-0.4, -0.2) is 34.4 Å². The molecule has 124 valence electrons. The van der Waals surface area contributed by atoms with Gasteiger partial charge in [0.1, 0.15) is 18.1 Å². The van der Waals surface area contributed by atoms with Gasteiger partial charge in [-0.05, 0) is 24.3 Å². The van der Waals surface area contributed by atoms with Gasteiger partial charge in [-0.1, -0.05) is 42.5 Å². The van der Waals surface area contributed by atoms with Crippen molar-refractivity contribution in [2.75, 3.05) is 6.61 Å². The van der Waals surface area contributed by atoms with Crippen molar-refractivity contribution in [2.24, 2.45) is 0 Å². The third kappa shape index (κ3) is 8.85. The number of hydrogen-bond acceptors (Lipinski definition) is 4. The van der Waals surface area contributed by atoms with Gasteiger partial charge in [-0.15, -0.1) is 0 Å². The first-order valence-corrected chi connectivity index (χ1v) is 9.61. The second-order valence-electron chi connectivity index (χ2n) is 4.15. The van der Waals surface area contributed by atoms with Gasteiger partial charge in [0.05, 0.1) is 0 Å². The van der Waals surface area contributed by atoms with Crippen molar-refractivity contribution in [3.8, 4) is 11.5 Å². The summed E-state index contributed by atoms with van der Waals surface area (Å²) in [6.07, 6.45) is 4.10. The van der Waals surface area contributed by atoms with Crippen molar-refractivity contribution in [3.05, 3.63) is 66.2 Å². The van der Waals surface area contributed by atoms with E-state index in [4.69, 9.17) is 21.8 Å². The molecule has 0 spiro atoms. The summed E-state index contributed by atoms with van der Waals surface area (Å²) in [4.78, 5) is 0. The van der Waals surface area contributed by atoms with Gasteiger partial charge in [0.2, 0.25) is 0 Å². The topological polar surface area (TPSA) is 96.2 Å². The molecule has 0 unspecified atom stereocenters. The smallest absolute Gasteiger partial charge is 0.115 e. The first kappa shape index (κ1) is 19.0. The Kier molecular flexibility index (Phi) is 8.15. The SMILES string of the molecule is C1=Cc2ccccc2OC1.O=[As](O)(O)OF.Oc1ccccc1. The van der Waals surface area contributed by atoms with Crippen LogP contribution in [0.5, 0.6) is 11.5 Å². The fraction of sp³-hybridized carbons (Fsp3) is 0.0667. The van der Waals surface area contributed by atoms with Crippen LogP contribution in [0.3, 0.4) is 0 Å². The Bertz CT molecular complexity index is 656. The molecule has 0 saturated carbocycles. The zero-order chi connectivity index (χ0) is 17.1. The largest absolute Gasteiger partial charge is 0.508 e. The van der Waals surface area contributed by atoms with E-state index in [9.17, 15) is 4.53 Å². The van der Waals surface area contributed by atoms with Gasteiger partial charge < -0.3 is 9.84 Å². The number of hydrogen-bond donors (Lipinski definition) is 3. The fourth-order valence-electron chi connectivity index (χ4n) is 1.49. The van der Waals surface area contributed by atoms with E-state index in [2.05, 4.69) is 10.0 Å². The summed E-state index contributed by atoms with van der Waals surface area (Å²) in [5.74, 6) is 1.31. The Balaban J connectivity index is 0.000000181. The molecule has 2 aromatic rings. The van der Waals surface area contributed by atoms with E-state index in [-0.39, 0.29) is 0 Å². The zero-order valence-electron chi connectivity index (χ0n) is 11.9. The van der Waals surface area contributed by atoms with Gasteiger partial charge in [-0.3, -0.25) is 0 Å². The summed E-state index contributed by atoms with van der Waals surface area (Å²) in [7, 11) is 0. The minimum absolute atomic E-state index is 0.322. The van der Waals surface area contributed by atoms with Crippen LogP contribution in [0, 0.1) is 0 Å². The Morgan fingerprint density at radius 2 is 1.61 bits per heavy atom. The summed E-state index contributed by atoms with van der Waals surface area (Å²) in [5, 5.41) is 8.63. The molecule has 0 fully saturated rings. The quantitative estimate of drug-likeness (QED) is 0.651. The number of ether oxygens (including phenoxy) is 1. The maximum absolute atomic E-state index is 10.3. The summed E-state index contributed by atoms with van der Waals surface area (Å²) < 4.78 is 41.7. The van der Waals surface area contributed by atoms with Gasteiger partial charge in [0, 0.05) is 5.56 Å². The molecule has 0 aromatic heterocycles. The van der Waals surface area contributed by atoms with Gasteiger partial charge in [0.15, 0.2) is 0 Å². The molecule has 0 aliphatic carbocycles. The normalized spacial score (nSPS) is 11.8. The minimum atomic E-state index is -5.33. The van der Waals surface area contributed by atoms with Crippen LogP contribution >= 0.6 is 0 Å². The predicted molar refractivity (Wildman–Crippen MR) is 82.1 cm³/mol. The van der Waals surface area contributed by atoms with E-state index in [0.717, 1.165) is 5.75 Å². The third-order valence-corrected chi connectivity index (χ3v) is 2.77. The van der Waals surface area contributed by atoms with Crippen LogP contribution < -0.4 is 4.74 Å². The van der Waals surface area contributed by atoms with E-state index in [1.54, 1.807) is 24.3 Å². The molecule has 3 N–H and O–H groups in total. The predicted octanol–water partition coefficient (Wildman–Crippen LogP) is 2.22. The first-order chi connectivity index (χ1) is 10.9. The molecule has 0 atom stereocenters. The Labute approximate surface area is 135 Å². The number of halogens is 1. The maximum atomic E-state index is 10.3. The van der Waals surface area contributed by atoms with Gasteiger partial charge >= 0.3 is 34.9 Å². The van der Waals surface area contributed by atoms with Crippen LogP contribution in [0.2, 0.25) is 0 Å². The molecule has 1 heterocycles. The van der Waals surface area contributed by atoms with Crippen molar-refractivity contribution in [2.45, 2.75) is 0 Å². The summed E-state index contributed by atoms with van der Waals surface area (Å²) in [6.45, 7) is 0.705. The van der Waals surface area contributed by atoms with Crippen molar-refractivity contribution in [1.82, 2.24) is 0 Å². The Morgan fingerprint density at radius 1 is 1.04 bits per heavy atom. The van der Waals surface area contributed by atoms with Crippen molar-refractivity contribution < 1.29 is 30.2 Å². The monoisotopic (exact) mass is 386 g/mol. The van der Waals surface area contributed by atoms with Crippen LogP contribution in [0.1, 0.15) is 5.56 Å². The van der Waals surface area contributed by atoms with Gasteiger partial charge in [-0.2, -0.15) is 0 Å². The van der Waals surface area contributed by atoms with E-state index in [1.165, 1.54) is 5.56 Å². The van der Waals surface area contributed by atoms with Crippen LogP contribution in [0.15, 0.2) is 60.7 Å². The molecule has 1 aliphatic rings. The zero-order valence-corrected chi connectivity index (χ0v) is 13.8. The molecule has 8 heteroatoms. The third-order valence-electron chi connectivity index (χ3n) is 2.40. The molecule has 2 aromatic carbocycles. The van der Waals surface area contributed by atoms with E-state index in [1.807, 2.05) is 36.4 Å². The number of para-hydroxylation sites is 2. The molecular formula is C15H16AsFO6. The summed E-state index contributed by atoms with van der Waals surface area (Å²) >= 11 is -5.33. The van der Waals surface area contributed by atoms with Crippen LogP contribution in [0.4, 0.5) is 4.53 Å². The molecule has 23 heavy (non-hydrogen) atoms. The average molecular weight is 386 g/mol. The molecule has 1 aliphatic heterocycles. The standard InChI is InChI=1S/C9H8O.C6H6O.AsFH2O4/c1-2-6-9-8(4-1)5-3-7-10-9;7-6-4-2-1-3-5-6;2-6-1(3,4)5/h1-6H,7H2;1-5,7H;(H2,3,4,5). The van der Waals surface area contributed by atoms with Crippen molar-refractivity contribution in [1.29, 1.82) is 0 Å². The van der Waals surface area contributed by atoms with Gasteiger partial charge in [0.25, 0.3) is 0 Å². The summed E-state index contributed by atoms with van der Waals surface area (Å²) in [5.41, 5.74) is 1.17. The Hall–Kier alpha value is -2.05. The molecule has 0 radical (unpaired) electrons. The van der Waals surface area contributed by atoms with Crippen molar-refractivity contribution in [3.63, 3.8) is 0 Å². The van der Waals surface area contributed by atoms with Crippen molar-refractivity contribution >= 4 is 20.6 Å². The van der Waals surface area contributed by atoms with Gasteiger partial charge in [-0.25, -0.2) is 0 Å². The number of aromatic hydroxyl groups is 1. The molecule has 0 bridgehead atoms. The fourth-order valence-corrected chi connectivity index (χ4v) is 1.49. The maximum Gasteiger partial charge on any atom is 0.115 e. The molecule has 0 saturated heterocycles. The molecule has 3 rings (SSSR count). The number of fused-ring (bicyclic) bond motifs is 1. The molecule has 6 nitrogen and oxygen atoms in total. The summed E-state index contributed by atoms with van der Waals surface area (Å²) in [6, 6.07) is 16.7. The van der Waals surface area contributed by atoms with Crippen LogP contribution in [-0.2, 0) is 7.67 Å². The second-order valence-corrected chi connectivity index (χ2v) is 6.49. The van der Waals surface area contributed by atoms with Crippen LogP contribution in [0.25, 0.3) is 6.08 Å². The first-order valence-electron chi connectivity index (χ1n) is 6.40. The number of rotatable bonds is 1.